The first-order chi connectivity index (χ1) is 7.13. The molecule has 78 valence electrons. The summed E-state index contributed by atoms with van der Waals surface area (Å²) in [5.41, 5.74) is 0.244. The summed E-state index contributed by atoms with van der Waals surface area (Å²) < 4.78 is 9.78. The van der Waals surface area contributed by atoms with Crippen molar-refractivity contribution in [3.63, 3.8) is 0 Å². The topological polar surface area (TPSA) is 61.6 Å². The molecular formula is C10H9NO4. The number of benzene rings is 1. The summed E-state index contributed by atoms with van der Waals surface area (Å²) in [5, 5.41) is 10.7. The van der Waals surface area contributed by atoms with Crippen molar-refractivity contribution in [1.29, 1.82) is 0 Å². The lowest BCUT2D eigenvalue weighted by Crippen LogP contribution is -1.97. The average molecular weight is 207 g/mol. The standard InChI is InChI=1S/C10H9NO4/c1-4-7-5-10(15-3)8(11(12)13)6-9(7)14-2/h1,5-6H,2-3H3. The number of nitro groups is 1. The molecule has 0 bridgehead atoms. The maximum Gasteiger partial charge on any atom is 0.314 e. The van der Waals surface area contributed by atoms with Crippen LogP contribution in [0.5, 0.6) is 11.5 Å². The van der Waals surface area contributed by atoms with E-state index in [4.69, 9.17) is 15.9 Å². The zero-order valence-electron chi connectivity index (χ0n) is 8.31. The summed E-state index contributed by atoms with van der Waals surface area (Å²) in [6, 6.07) is 2.64. The van der Waals surface area contributed by atoms with Crippen molar-refractivity contribution >= 4 is 5.69 Å². The molecule has 0 aliphatic rings. The summed E-state index contributed by atoms with van der Waals surface area (Å²) in [5.74, 6) is 2.76. The van der Waals surface area contributed by atoms with Gasteiger partial charge in [0.1, 0.15) is 5.75 Å². The molecule has 0 atom stereocenters. The fourth-order valence-corrected chi connectivity index (χ4v) is 1.14. The molecule has 1 aromatic rings. The van der Waals surface area contributed by atoms with Gasteiger partial charge in [-0.2, -0.15) is 0 Å². The Kier molecular flexibility index (Phi) is 3.13. The Morgan fingerprint density at radius 2 is 1.93 bits per heavy atom. The van der Waals surface area contributed by atoms with Gasteiger partial charge in [-0.1, -0.05) is 5.92 Å². The molecule has 0 amide bonds. The highest BCUT2D eigenvalue weighted by molar-refractivity contribution is 5.59. The lowest BCUT2D eigenvalue weighted by molar-refractivity contribution is -0.385. The fraction of sp³-hybridized carbons (Fsp3) is 0.200. The van der Waals surface area contributed by atoms with Crippen LogP contribution in [0.3, 0.4) is 0 Å². The second kappa shape index (κ2) is 4.33. The van der Waals surface area contributed by atoms with Crippen LogP contribution in [-0.2, 0) is 0 Å². The number of hydrogen-bond acceptors (Lipinski definition) is 4. The lowest BCUT2D eigenvalue weighted by Gasteiger charge is -2.06. The van der Waals surface area contributed by atoms with Crippen molar-refractivity contribution in [2.75, 3.05) is 14.2 Å². The predicted octanol–water partition coefficient (Wildman–Crippen LogP) is 1.59. The van der Waals surface area contributed by atoms with Crippen LogP contribution >= 0.6 is 0 Å². The van der Waals surface area contributed by atoms with Crippen LogP contribution in [0, 0.1) is 22.5 Å². The van der Waals surface area contributed by atoms with Crippen LogP contribution in [0.15, 0.2) is 12.1 Å². The molecule has 0 saturated heterocycles. The lowest BCUT2D eigenvalue weighted by atomic mass is 10.1. The van der Waals surface area contributed by atoms with Crippen molar-refractivity contribution in [3.05, 3.63) is 27.8 Å². The highest BCUT2D eigenvalue weighted by Gasteiger charge is 2.18. The maximum atomic E-state index is 10.7. The van der Waals surface area contributed by atoms with Gasteiger partial charge in [0, 0.05) is 6.07 Å². The normalized spacial score (nSPS) is 9.13. The summed E-state index contributed by atoms with van der Waals surface area (Å²) in [4.78, 5) is 10.1. The quantitative estimate of drug-likeness (QED) is 0.429. The van der Waals surface area contributed by atoms with Crippen molar-refractivity contribution in [2.24, 2.45) is 0 Å². The van der Waals surface area contributed by atoms with E-state index in [0.717, 1.165) is 0 Å². The van der Waals surface area contributed by atoms with Gasteiger partial charge in [0.2, 0.25) is 0 Å². The SMILES string of the molecule is C#Cc1cc(OC)c([N+](=O)[O-])cc1OC. The molecule has 0 unspecified atom stereocenters. The molecule has 0 aromatic heterocycles. The number of nitro benzene ring substituents is 1. The van der Waals surface area contributed by atoms with E-state index in [2.05, 4.69) is 5.92 Å². The van der Waals surface area contributed by atoms with E-state index in [1.54, 1.807) is 0 Å². The smallest absolute Gasteiger partial charge is 0.314 e. The second-order valence-electron chi connectivity index (χ2n) is 2.63. The minimum absolute atomic E-state index is 0.119. The Balaban J connectivity index is 3.42. The Hall–Kier alpha value is -2.22. The minimum Gasteiger partial charge on any atom is -0.495 e. The molecular weight excluding hydrogens is 198 g/mol. The van der Waals surface area contributed by atoms with Crippen LogP contribution < -0.4 is 9.47 Å². The summed E-state index contributed by atoms with van der Waals surface area (Å²) in [6.45, 7) is 0. The van der Waals surface area contributed by atoms with Crippen molar-refractivity contribution in [2.45, 2.75) is 0 Å². The molecule has 0 aliphatic heterocycles. The Morgan fingerprint density at radius 1 is 1.33 bits per heavy atom. The number of methoxy groups -OCH3 is 2. The van der Waals surface area contributed by atoms with Gasteiger partial charge in [0.05, 0.1) is 30.8 Å². The highest BCUT2D eigenvalue weighted by atomic mass is 16.6. The van der Waals surface area contributed by atoms with E-state index < -0.39 is 4.92 Å². The van der Waals surface area contributed by atoms with Crippen LogP contribution in [0.1, 0.15) is 5.56 Å². The monoisotopic (exact) mass is 207 g/mol. The van der Waals surface area contributed by atoms with Crippen LogP contribution in [0.2, 0.25) is 0 Å². The molecule has 0 spiro atoms. The molecule has 0 fully saturated rings. The van der Waals surface area contributed by atoms with Crippen LogP contribution in [0.25, 0.3) is 0 Å². The van der Waals surface area contributed by atoms with E-state index in [1.165, 1.54) is 26.4 Å². The number of nitrogens with zero attached hydrogens (tertiary/aromatic N) is 1. The van der Waals surface area contributed by atoms with Gasteiger partial charge >= 0.3 is 5.69 Å². The summed E-state index contributed by atoms with van der Waals surface area (Å²) in [7, 11) is 2.74. The molecule has 15 heavy (non-hydrogen) atoms. The third-order valence-corrected chi connectivity index (χ3v) is 1.85. The summed E-state index contributed by atoms with van der Waals surface area (Å²) in [6.07, 6.45) is 5.22. The summed E-state index contributed by atoms with van der Waals surface area (Å²) >= 11 is 0. The maximum absolute atomic E-state index is 10.7. The molecule has 5 nitrogen and oxygen atoms in total. The molecule has 0 N–H and O–H groups in total. The first kappa shape index (κ1) is 10.9. The fourth-order valence-electron chi connectivity index (χ4n) is 1.14. The third-order valence-electron chi connectivity index (χ3n) is 1.85. The Bertz CT molecular complexity index is 434. The third kappa shape index (κ3) is 1.99. The van der Waals surface area contributed by atoms with E-state index >= 15 is 0 Å². The Morgan fingerprint density at radius 3 is 2.33 bits per heavy atom. The molecule has 0 saturated carbocycles. The van der Waals surface area contributed by atoms with Crippen LogP contribution in [-0.4, -0.2) is 19.1 Å². The number of rotatable bonds is 3. The van der Waals surface area contributed by atoms with Gasteiger partial charge in [-0.25, -0.2) is 0 Å². The van der Waals surface area contributed by atoms with Gasteiger partial charge < -0.3 is 9.47 Å². The molecule has 0 aliphatic carbocycles. The van der Waals surface area contributed by atoms with Gasteiger partial charge in [-0.05, 0) is 0 Å². The van der Waals surface area contributed by atoms with E-state index in [1.807, 2.05) is 0 Å². The van der Waals surface area contributed by atoms with Crippen molar-refractivity contribution in [1.82, 2.24) is 0 Å². The molecule has 1 aromatic carbocycles. The largest absolute Gasteiger partial charge is 0.495 e. The van der Waals surface area contributed by atoms with E-state index in [-0.39, 0.29) is 17.2 Å². The number of hydrogen-bond donors (Lipinski definition) is 0. The minimum atomic E-state index is -0.554. The Labute approximate surface area is 86.8 Å². The molecule has 1 rings (SSSR count). The first-order valence-electron chi connectivity index (χ1n) is 4.01. The highest BCUT2D eigenvalue weighted by Crippen LogP contribution is 2.33. The predicted molar refractivity (Wildman–Crippen MR) is 54.1 cm³/mol. The van der Waals surface area contributed by atoms with Crippen molar-refractivity contribution in [3.8, 4) is 23.8 Å². The van der Waals surface area contributed by atoms with Crippen molar-refractivity contribution < 1.29 is 14.4 Å². The van der Waals surface area contributed by atoms with Gasteiger partial charge in [-0.3, -0.25) is 10.1 Å². The van der Waals surface area contributed by atoms with Gasteiger partial charge in [-0.15, -0.1) is 6.42 Å². The van der Waals surface area contributed by atoms with E-state index in [0.29, 0.717) is 5.56 Å². The average Bonchev–Trinajstić information content (AvgIpc) is 2.26. The van der Waals surface area contributed by atoms with Crippen LogP contribution in [0.4, 0.5) is 5.69 Å². The van der Waals surface area contributed by atoms with Gasteiger partial charge in [0.25, 0.3) is 0 Å². The van der Waals surface area contributed by atoms with E-state index in [9.17, 15) is 10.1 Å². The second-order valence-corrected chi connectivity index (χ2v) is 2.63. The zero-order chi connectivity index (χ0) is 11.4. The molecule has 0 heterocycles. The number of terminal acetylenes is 1. The first-order valence-corrected chi connectivity index (χ1v) is 4.01. The molecule has 0 radical (unpaired) electrons. The number of ether oxygens (including phenoxy) is 2. The molecule has 5 heteroatoms. The van der Waals surface area contributed by atoms with Gasteiger partial charge in [0.15, 0.2) is 5.75 Å². The zero-order valence-corrected chi connectivity index (χ0v) is 8.31.